The van der Waals surface area contributed by atoms with E-state index in [-0.39, 0.29) is 11.7 Å². The highest BCUT2D eigenvalue weighted by molar-refractivity contribution is 5.98. The van der Waals surface area contributed by atoms with E-state index < -0.39 is 0 Å². The number of piperazine rings is 1. The van der Waals surface area contributed by atoms with Gasteiger partial charge in [0.1, 0.15) is 0 Å². The normalized spacial score (nSPS) is 19.0. The van der Waals surface area contributed by atoms with Gasteiger partial charge in [-0.2, -0.15) is 0 Å². The van der Waals surface area contributed by atoms with Gasteiger partial charge in [-0.25, -0.2) is 9.97 Å². The van der Waals surface area contributed by atoms with Crippen molar-refractivity contribution in [1.29, 1.82) is 0 Å². The lowest BCUT2D eigenvalue weighted by molar-refractivity contribution is 0.0957. The number of rotatable bonds is 4. The fourth-order valence-electron chi connectivity index (χ4n) is 4.37. The van der Waals surface area contributed by atoms with Crippen LogP contribution in [0.25, 0.3) is 6.08 Å². The molecule has 5 nitrogen and oxygen atoms in total. The summed E-state index contributed by atoms with van der Waals surface area (Å²) in [5.41, 5.74) is 3.98. The molecule has 0 saturated carbocycles. The number of Topliss-reactive ketones (excluding diaryl/α,β-unsaturated/α-hetero) is 1. The van der Waals surface area contributed by atoms with E-state index in [0.29, 0.717) is 12.0 Å². The molecule has 5 heteroatoms. The third-order valence-electron chi connectivity index (χ3n) is 6.10. The summed E-state index contributed by atoms with van der Waals surface area (Å²) < 4.78 is 0. The van der Waals surface area contributed by atoms with Crippen LogP contribution in [0.1, 0.15) is 28.0 Å². The molecule has 1 aromatic heterocycles. The number of para-hydroxylation sites is 1. The Balaban J connectivity index is 1.28. The Labute approximate surface area is 183 Å². The van der Waals surface area contributed by atoms with Crippen molar-refractivity contribution in [3.8, 4) is 0 Å². The summed E-state index contributed by atoms with van der Waals surface area (Å²) in [6, 6.07) is 20.7. The quantitative estimate of drug-likeness (QED) is 0.643. The SMILES string of the molecule is O=C1C[C@H](/C=C/c2ccccc2)Cc2nc(N3CCN(c4ccccc4)CC3)ncc21. The van der Waals surface area contributed by atoms with Crippen molar-refractivity contribution in [3.63, 3.8) is 0 Å². The van der Waals surface area contributed by atoms with Crippen molar-refractivity contribution in [2.75, 3.05) is 36.0 Å². The molecule has 0 radical (unpaired) electrons. The number of benzene rings is 2. The van der Waals surface area contributed by atoms with Crippen LogP contribution in [0.2, 0.25) is 0 Å². The summed E-state index contributed by atoms with van der Waals surface area (Å²) >= 11 is 0. The van der Waals surface area contributed by atoms with Crippen molar-refractivity contribution in [1.82, 2.24) is 9.97 Å². The fraction of sp³-hybridized carbons (Fsp3) is 0.269. The highest BCUT2D eigenvalue weighted by Gasteiger charge is 2.27. The zero-order valence-electron chi connectivity index (χ0n) is 17.5. The molecule has 0 N–H and O–H groups in total. The minimum atomic E-state index is 0.143. The number of ketones is 1. The second kappa shape index (κ2) is 8.72. The van der Waals surface area contributed by atoms with Crippen molar-refractivity contribution in [2.45, 2.75) is 12.8 Å². The summed E-state index contributed by atoms with van der Waals surface area (Å²) in [6.07, 6.45) is 7.30. The average molecular weight is 411 g/mol. The number of anilines is 2. The summed E-state index contributed by atoms with van der Waals surface area (Å²) in [4.78, 5) is 26.7. The number of nitrogens with zero attached hydrogens (tertiary/aromatic N) is 4. The summed E-state index contributed by atoms with van der Waals surface area (Å²) in [5.74, 6) is 1.06. The Kier molecular flexibility index (Phi) is 5.48. The van der Waals surface area contributed by atoms with Crippen molar-refractivity contribution < 1.29 is 4.79 Å². The smallest absolute Gasteiger partial charge is 0.225 e. The minimum absolute atomic E-state index is 0.143. The van der Waals surface area contributed by atoms with Gasteiger partial charge >= 0.3 is 0 Å². The van der Waals surface area contributed by atoms with Gasteiger partial charge < -0.3 is 9.80 Å². The first kappa shape index (κ1) is 19.5. The van der Waals surface area contributed by atoms with Crippen molar-refractivity contribution in [2.24, 2.45) is 5.92 Å². The maximum atomic E-state index is 12.7. The van der Waals surface area contributed by atoms with E-state index in [1.165, 1.54) is 5.69 Å². The molecule has 2 heterocycles. The minimum Gasteiger partial charge on any atom is -0.368 e. The highest BCUT2D eigenvalue weighted by atomic mass is 16.1. The van der Waals surface area contributed by atoms with E-state index in [1.54, 1.807) is 6.20 Å². The molecule has 2 aromatic carbocycles. The van der Waals surface area contributed by atoms with E-state index in [2.05, 4.69) is 63.3 Å². The number of carbonyl (C=O) groups is 1. The molecule has 0 bridgehead atoms. The number of aromatic nitrogens is 2. The van der Waals surface area contributed by atoms with Gasteiger partial charge in [0.25, 0.3) is 0 Å². The molecule has 1 fully saturated rings. The topological polar surface area (TPSA) is 49.3 Å². The van der Waals surface area contributed by atoms with E-state index in [9.17, 15) is 4.79 Å². The predicted molar refractivity (Wildman–Crippen MR) is 125 cm³/mol. The molecule has 5 rings (SSSR count). The molecule has 1 aliphatic carbocycles. The Morgan fingerprint density at radius 3 is 2.26 bits per heavy atom. The van der Waals surface area contributed by atoms with E-state index in [0.717, 1.165) is 49.8 Å². The fourth-order valence-corrected chi connectivity index (χ4v) is 4.37. The first-order valence-corrected chi connectivity index (χ1v) is 10.9. The molecule has 31 heavy (non-hydrogen) atoms. The van der Waals surface area contributed by atoms with Crippen LogP contribution in [-0.4, -0.2) is 41.9 Å². The molecular weight excluding hydrogens is 384 g/mol. The third-order valence-corrected chi connectivity index (χ3v) is 6.10. The predicted octanol–water partition coefficient (Wildman–Crippen LogP) is 4.26. The van der Waals surface area contributed by atoms with E-state index in [1.807, 2.05) is 24.3 Å². The Morgan fingerprint density at radius 2 is 1.52 bits per heavy atom. The number of hydrogen-bond acceptors (Lipinski definition) is 5. The molecule has 0 unspecified atom stereocenters. The summed E-state index contributed by atoms with van der Waals surface area (Å²) in [5, 5.41) is 0. The number of fused-ring (bicyclic) bond motifs is 1. The van der Waals surface area contributed by atoms with Crippen LogP contribution in [0.3, 0.4) is 0 Å². The van der Waals surface area contributed by atoms with Gasteiger partial charge in [-0.3, -0.25) is 4.79 Å². The van der Waals surface area contributed by atoms with Crippen LogP contribution in [0, 0.1) is 5.92 Å². The molecule has 3 aromatic rings. The van der Waals surface area contributed by atoms with E-state index in [4.69, 9.17) is 4.98 Å². The monoisotopic (exact) mass is 410 g/mol. The van der Waals surface area contributed by atoms with Crippen LogP contribution in [0.5, 0.6) is 0 Å². The molecule has 1 saturated heterocycles. The molecular formula is C26H26N4O. The van der Waals surface area contributed by atoms with E-state index >= 15 is 0 Å². The van der Waals surface area contributed by atoms with Crippen LogP contribution in [0.15, 0.2) is 72.9 Å². The van der Waals surface area contributed by atoms with Crippen molar-refractivity contribution >= 4 is 23.5 Å². The first-order chi connectivity index (χ1) is 15.3. The van der Waals surface area contributed by atoms with Crippen LogP contribution in [-0.2, 0) is 6.42 Å². The standard InChI is InChI=1S/C26H26N4O/c31-25-18-21(12-11-20-7-3-1-4-8-20)17-24-23(25)19-27-26(28-24)30-15-13-29(14-16-30)22-9-5-2-6-10-22/h1-12,19,21H,13-18H2/b12-11+/t21-/m1/s1. The number of allylic oxidation sites excluding steroid dienone is 1. The Morgan fingerprint density at radius 1 is 0.839 bits per heavy atom. The average Bonchev–Trinajstić information content (AvgIpc) is 2.84. The second-order valence-electron chi connectivity index (χ2n) is 8.20. The second-order valence-corrected chi connectivity index (χ2v) is 8.20. The van der Waals surface area contributed by atoms with Crippen LogP contribution in [0.4, 0.5) is 11.6 Å². The summed E-state index contributed by atoms with van der Waals surface area (Å²) in [7, 11) is 0. The lowest BCUT2D eigenvalue weighted by Crippen LogP contribution is -2.47. The van der Waals surface area contributed by atoms with Crippen LogP contribution < -0.4 is 9.80 Å². The van der Waals surface area contributed by atoms with Gasteiger partial charge in [0.15, 0.2) is 5.78 Å². The molecule has 2 aliphatic rings. The molecule has 1 aliphatic heterocycles. The molecule has 1 atom stereocenters. The van der Waals surface area contributed by atoms with Gasteiger partial charge in [0.05, 0.1) is 11.3 Å². The highest BCUT2D eigenvalue weighted by Crippen LogP contribution is 2.27. The zero-order valence-corrected chi connectivity index (χ0v) is 17.5. The largest absolute Gasteiger partial charge is 0.368 e. The summed E-state index contributed by atoms with van der Waals surface area (Å²) in [6.45, 7) is 3.62. The van der Waals surface area contributed by atoms with Gasteiger partial charge in [0.2, 0.25) is 5.95 Å². The Hall–Kier alpha value is -3.47. The lowest BCUT2D eigenvalue weighted by atomic mass is 9.86. The lowest BCUT2D eigenvalue weighted by Gasteiger charge is -2.36. The molecule has 156 valence electrons. The number of hydrogen-bond donors (Lipinski definition) is 0. The van der Waals surface area contributed by atoms with Gasteiger partial charge in [-0.05, 0) is 30.0 Å². The first-order valence-electron chi connectivity index (χ1n) is 10.9. The van der Waals surface area contributed by atoms with Crippen molar-refractivity contribution in [3.05, 3.63) is 89.8 Å². The van der Waals surface area contributed by atoms with Gasteiger partial charge in [-0.15, -0.1) is 0 Å². The number of carbonyl (C=O) groups excluding carboxylic acids is 1. The maximum Gasteiger partial charge on any atom is 0.225 e. The van der Waals surface area contributed by atoms with Crippen LogP contribution >= 0.6 is 0 Å². The third kappa shape index (κ3) is 4.36. The zero-order chi connectivity index (χ0) is 21.0. The van der Waals surface area contributed by atoms with Gasteiger partial charge in [0, 0.05) is 44.5 Å². The maximum absolute atomic E-state index is 12.7. The molecule has 0 spiro atoms. The Bertz CT molecular complexity index is 1070. The molecule has 0 amide bonds. The van der Waals surface area contributed by atoms with Gasteiger partial charge in [-0.1, -0.05) is 60.7 Å².